The highest BCUT2D eigenvalue weighted by molar-refractivity contribution is 6.31. The van der Waals surface area contributed by atoms with Crippen LogP contribution < -0.4 is 0 Å². The minimum Gasteiger partial charge on any atom is -0.429 e. The van der Waals surface area contributed by atoms with E-state index in [2.05, 4.69) is 13.2 Å². The molecule has 0 fully saturated rings. The lowest BCUT2D eigenvalue weighted by atomic mass is 9.86. The predicted octanol–water partition coefficient (Wildman–Crippen LogP) is 4.02. The van der Waals surface area contributed by atoms with Crippen molar-refractivity contribution in [2.24, 2.45) is 0 Å². The van der Waals surface area contributed by atoms with Crippen molar-refractivity contribution in [2.75, 3.05) is 0 Å². The molecule has 0 unspecified atom stereocenters. The second-order valence-electron chi connectivity index (χ2n) is 6.18. The van der Waals surface area contributed by atoms with Gasteiger partial charge in [0.05, 0.1) is 0 Å². The molecule has 0 heterocycles. The number of hydrogen-bond donors (Lipinski definition) is 2. The smallest absolute Gasteiger partial charge is 0.429 e. The third-order valence-electron chi connectivity index (χ3n) is 4.16. The number of ketones is 2. The highest BCUT2D eigenvalue weighted by atomic mass is 16.4. The second-order valence-corrected chi connectivity index (χ2v) is 6.18. The summed E-state index contributed by atoms with van der Waals surface area (Å²) in [6, 6.07) is 15.0. The molecule has 0 atom stereocenters. The summed E-state index contributed by atoms with van der Waals surface area (Å²) in [6.07, 6.45) is 0. The Morgan fingerprint density at radius 2 is 0.926 bits per heavy atom. The number of benzene rings is 3. The summed E-state index contributed by atoms with van der Waals surface area (Å²) in [4.78, 5) is 25.6. The zero-order valence-electron chi connectivity index (χ0n) is 15.3. The molecule has 27 heavy (non-hydrogen) atoms. The largest absolute Gasteiger partial charge is 0.482 e. The fourth-order valence-corrected chi connectivity index (χ4v) is 3.04. The zero-order valence-corrected chi connectivity index (χ0v) is 15.3. The topological polar surface area (TPSA) is 74.6 Å². The summed E-state index contributed by atoms with van der Waals surface area (Å²) in [5.74, 6) is -0.201. The molecule has 0 bridgehead atoms. The Labute approximate surface area is 158 Å². The van der Waals surface area contributed by atoms with Gasteiger partial charge in [0.25, 0.3) is 0 Å². The maximum Gasteiger partial charge on any atom is 0.482 e. The molecule has 4 nitrogen and oxygen atoms in total. The lowest BCUT2D eigenvalue weighted by molar-refractivity contribution is 0.102. The fourth-order valence-electron chi connectivity index (χ4n) is 3.04. The molecule has 0 aliphatic rings. The van der Waals surface area contributed by atoms with E-state index in [9.17, 15) is 9.59 Å². The van der Waals surface area contributed by atoms with E-state index in [1.807, 2.05) is 48.5 Å². The third-order valence-corrected chi connectivity index (χ3v) is 4.16. The Kier molecular flexibility index (Phi) is 6.45. The van der Waals surface area contributed by atoms with Crippen LogP contribution in [0.3, 0.4) is 0 Å². The first-order valence-corrected chi connectivity index (χ1v) is 8.29. The van der Waals surface area contributed by atoms with Crippen molar-refractivity contribution in [2.45, 2.75) is 13.8 Å². The van der Waals surface area contributed by atoms with Gasteiger partial charge in [-0.1, -0.05) is 61.7 Å². The van der Waals surface area contributed by atoms with Gasteiger partial charge in [-0.25, -0.2) is 0 Å². The Hall–Kier alpha value is -3.02. The van der Waals surface area contributed by atoms with Crippen LogP contribution in [0, 0.1) is 0 Å². The predicted molar refractivity (Wildman–Crippen MR) is 110 cm³/mol. The molecule has 0 spiro atoms. The molecule has 0 aromatic heterocycles. The Morgan fingerprint density at radius 3 is 1.11 bits per heavy atom. The molecule has 5 heteroatoms. The molecule has 0 amide bonds. The molecular formula is C22H20BO4. The minimum atomic E-state index is -0.100. The average Bonchev–Trinajstić information content (AvgIpc) is 2.65. The maximum absolute atomic E-state index is 12.8. The van der Waals surface area contributed by atoms with Crippen LogP contribution in [-0.2, 0) is 0 Å². The van der Waals surface area contributed by atoms with Crippen LogP contribution in [-0.4, -0.2) is 29.3 Å². The number of rotatable bonds is 4. The summed E-state index contributed by atoms with van der Waals surface area (Å²) in [6.45, 7) is 11.0. The van der Waals surface area contributed by atoms with Crippen LogP contribution in [0.5, 0.6) is 0 Å². The van der Waals surface area contributed by atoms with Crippen molar-refractivity contribution in [1.82, 2.24) is 0 Å². The maximum atomic E-state index is 12.8. The van der Waals surface area contributed by atoms with Crippen molar-refractivity contribution >= 4 is 40.8 Å². The number of Topliss-reactive ketones (excluding diaryl/α,β-unsaturated/α-hetero) is 2. The van der Waals surface area contributed by atoms with Crippen LogP contribution in [0.1, 0.15) is 34.6 Å². The van der Waals surface area contributed by atoms with Crippen molar-refractivity contribution in [1.29, 1.82) is 0 Å². The van der Waals surface area contributed by atoms with Gasteiger partial charge in [-0.3, -0.25) is 9.59 Å². The Morgan fingerprint density at radius 1 is 0.704 bits per heavy atom. The van der Waals surface area contributed by atoms with Crippen LogP contribution >= 0.6 is 0 Å². The van der Waals surface area contributed by atoms with Crippen LogP contribution in [0.2, 0.25) is 0 Å². The van der Waals surface area contributed by atoms with Gasteiger partial charge in [0, 0.05) is 11.1 Å². The molecule has 3 rings (SSSR count). The molecule has 0 saturated carbocycles. The minimum absolute atomic E-state index is 0. The van der Waals surface area contributed by atoms with E-state index in [1.54, 1.807) is 13.8 Å². The van der Waals surface area contributed by atoms with Gasteiger partial charge < -0.3 is 10.0 Å². The van der Waals surface area contributed by atoms with Gasteiger partial charge in [-0.15, -0.1) is 0 Å². The van der Waals surface area contributed by atoms with Gasteiger partial charge >= 0.3 is 7.69 Å². The van der Waals surface area contributed by atoms with E-state index in [0.29, 0.717) is 22.3 Å². The van der Waals surface area contributed by atoms with Gasteiger partial charge in [-0.2, -0.15) is 0 Å². The SMILES string of the molecule is C=C(C)C(=O)c1c2ccccc2c(C(=O)C(=C)C)c2ccccc12.O[B]O. The first-order valence-electron chi connectivity index (χ1n) is 8.29. The zero-order chi connectivity index (χ0) is 20.1. The van der Waals surface area contributed by atoms with E-state index >= 15 is 0 Å². The Balaban J connectivity index is 0.000000817. The standard InChI is InChI=1S/C22H18O2.BH2O2/c1-13(2)21(23)19-15-9-5-7-11-17(15)20(22(24)14(3)4)18-12-8-6-10-16(18)19;2-1-3/h5-12H,1,3H2,2,4H3;2-3H. The number of allylic oxidation sites excluding steroid dienone is 2. The summed E-state index contributed by atoms with van der Waals surface area (Å²) in [5.41, 5.74) is 2.16. The molecule has 0 saturated heterocycles. The van der Waals surface area contributed by atoms with Crippen molar-refractivity contribution in [3.8, 4) is 0 Å². The fraction of sp³-hybridized carbons (Fsp3) is 0.0909. The molecule has 0 aliphatic heterocycles. The molecule has 3 aromatic rings. The molecule has 1 radical (unpaired) electrons. The van der Waals surface area contributed by atoms with Gasteiger partial charge in [0.1, 0.15) is 0 Å². The van der Waals surface area contributed by atoms with Gasteiger partial charge in [-0.05, 0) is 46.5 Å². The van der Waals surface area contributed by atoms with Crippen molar-refractivity contribution in [3.05, 3.63) is 84.0 Å². The van der Waals surface area contributed by atoms with Crippen LogP contribution in [0.25, 0.3) is 21.5 Å². The lowest BCUT2D eigenvalue weighted by Gasteiger charge is -2.15. The lowest BCUT2D eigenvalue weighted by Crippen LogP contribution is -2.07. The average molecular weight is 359 g/mol. The first kappa shape index (κ1) is 20.3. The molecule has 135 valence electrons. The molecule has 3 aromatic carbocycles. The number of hydrogen-bond acceptors (Lipinski definition) is 4. The summed E-state index contributed by atoms with van der Waals surface area (Å²) in [5, 5.41) is 17.1. The number of fused-ring (bicyclic) bond motifs is 2. The highest BCUT2D eigenvalue weighted by Crippen LogP contribution is 2.35. The van der Waals surface area contributed by atoms with Gasteiger partial charge in [0.2, 0.25) is 0 Å². The van der Waals surface area contributed by atoms with E-state index < -0.39 is 0 Å². The van der Waals surface area contributed by atoms with E-state index in [1.165, 1.54) is 0 Å². The summed E-state index contributed by atoms with van der Waals surface area (Å²) < 4.78 is 0. The molecule has 0 aliphatic carbocycles. The third kappa shape index (κ3) is 3.89. The molecular weight excluding hydrogens is 339 g/mol. The molecule has 2 N–H and O–H groups in total. The van der Waals surface area contributed by atoms with E-state index in [0.717, 1.165) is 21.5 Å². The van der Waals surface area contributed by atoms with Crippen molar-refractivity contribution in [3.63, 3.8) is 0 Å². The van der Waals surface area contributed by atoms with E-state index in [4.69, 9.17) is 10.0 Å². The Bertz CT molecular complexity index is 926. The highest BCUT2D eigenvalue weighted by Gasteiger charge is 2.22. The van der Waals surface area contributed by atoms with Crippen LogP contribution in [0.15, 0.2) is 72.8 Å². The van der Waals surface area contributed by atoms with Crippen LogP contribution in [0.4, 0.5) is 0 Å². The summed E-state index contributed by atoms with van der Waals surface area (Å²) >= 11 is 0. The second kappa shape index (κ2) is 8.58. The normalized spacial score (nSPS) is 10.1. The van der Waals surface area contributed by atoms with Gasteiger partial charge in [0.15, 0.2) is 11.6 Å². The monoisotopic (exact) mass is 359 g/mol. The van der Waals surface area contributed by atoms with E-state index in [-0.39, 0.29) is 19.3 Å². The van der Waals surface area contributed by atoms with Crippen molar-refractivity contribution < 1.29 is 19.6 Å². The number of carbonyl (C=O) groups is 2. The summed E-state index contributed by atoms with van der Waals surface area (Å²) in [7, 11) is 0. The number of carbonyl (C=O) groups excluding carboxylic acids is 2. The first-order chi connectivity index (χ1) is 12.8. The quantitative estimate of drug-likeness (QED) is 0.319.